The molecule has 110 valence electrons. The molecule has 0 spiro atoms. The van der Waals surface area contributed by atoms with Crippen molar-refractivity contribution in [3.63, 3.8) is 0 Å². The van der Waals surface area contributed by atoms with E-state index in [1.807, 2.05) is 6.92 Å². The van der Waals surface area contributed by atoms with Crippen molar-refractivity contribution in [1.29, 1.82) is 0 Å². The zero-order chi connectivity index (χ0) is 14.7. The third kappa shape index (κ3) is 3.40. The average Bonchev–Trinajstić information content (AvgIpc) is 2.46. The number of rotatable bonds is 4. The minimum absolute atomic E-state index is 0.132. The van der Waals surface area contributed by atoms with Crippen LogP contribution in [-0.4, -0.2) is 42.0 Å². The first-order valence-electron chi connectivity index (χ1n) is 7.20. The average molecular weight is 296 g/mol. The second-order valence-electron chi connectivity index (χ2n) is 5.45. The maximum atomic E-state index is 12.6. The summed E-state index contributed by atoms with van der Waals surface area (Å²) >= 11 is 5.87. The van der Waals surface area contributed by atoms with E-state index in [4.69, 9.17) is 16.3 Å². The zero-order valence-electron chi connectivity index (χ0n) is 12.3. The van der Waals surface area contributed by atoms with Gasteiger partial charge in [0.15, 0.2) is 5.78 Å². The van der Waals surface area contributed by atoms with Crippen molar-refractivity contribution in [2.45, 2.75) is 45.4 Å². The molecule has 0 radical (unpaired) electrons. The van der Waals surface area contributed by atoms with Crippen LogP contribution in [0.5, 0.6) is 0 Å². The Labute approximate surface area is 125 Å². The second-order valence-corrected chi connectivity index (χ2v) is 5.89. The summed E-state index contributed by atoms with van der Waals surface area (Å²) in [5, 5.41) is 0.653. The highest BCUT2D eigenvalue weighted by Gasteiger charge is 2.32. The van der Waals surface area contributed by atoms with Crippen LogP contribution in [0.15, 0.2) is 24.3 Å². The maximum absolute atomic E-state index is 12.6. The van der Waals surface area contributed by atoms with Crippen LogP contribution in [0.4, 0.5) is 0 Å². The molecule has 2 rings (SSSR count). The van der Waals surface area contributed by atoms with Gasteiger partial charge in [0.25, 0.3) is 0 Å². The predicted octanol–water partition coefficient (Wildman–Crippen LogP) is 3.41. The molecule has 1 aliphatic heterocycles. The Morgan fingerprint density at radius 2 is 2.10 bits per heavy atom. The number of carbonyl (C=O) groups is 1. The van der Waals surface area contributed by atoms with Crippen molar-refractivity contribution in [2.75, 3.05) is 13.2 Å². The van der Waals surface area contributed by atoms with Gasteiger partial charge in [0.05, 0.1) is 18.8 Å². The zero-order valence-corrected chi connectivity index (χ0v) is 13.1. The Hall–Kier alpha value is -0.900. The van der Waals surface area contributed by atoms with E-state index in [0.717, 1.165) is 18.5 Å². The molecule has 3 nitrogen and oxygen atoms in total. The van der Waals surface area contributed by atoms with Crippen LogP contribution in [0.3, 0.4) is 0 Å². The molecule has 1 aromatic carbocycles. The number of carbonyl (C=O) groups excluding carboxylic acids is 1. The Balaban J connectivity index is 2.13. The number of ketones is 1. The highest BCUT2D eigenvalue weighted by atomic mass is 35.5. The Kier molecular flexibility index (Phi) is 5.19. The van der Waals surface area contributed by atoms with Crippen LogP contribution >= 0.6 is 11.6 Å². The lowest BCUT2D eigenvalue weighted by Gasteiger charge is -2.41. The number of hydrogen-bond donors (Lipinski definition) is 0. The van der Waals surface area contributed by atoms with Gasteiger partial charge in [-0.2, -0.15) is 0 Å². The molecule has 1 aromatic rings. The quantitative estimate of drug-likeness (QED) is 0.797. The number of hydrogen-bond acceptors (Lipinski definition) is 3. The summed E-state index contributed by atoms with van der Waals surface area (Å²) in [6.45, 7) is 7.68. The van der Waals surface area contributed by atoms with E-state index < -0.39 is 0 Å². The summed E-state index contributed by atoms with van der Waals surface area (Å²) < 4.78 is 5.69. The number of Topliss-reactive ketones (excluding diaryl/α,β-unsaturated/α-hetero) is 1. The molecular formula is C16H22ClNO2. The molecule has 1 heterocycles. The van der Waals surface area contributed by atoms with Crippen LogP contribution in [0.2, 0.25) is 5.02 Å². The molecule has 1 aliphatic rings. The van der Waals surface area contributed by atoms with Gasteiger partial charge in [-0.1, -0.05) is 18.5 Å². The third-order valence-corrected chi connectivity index (χ3v) is 4.24. The lowest BCUT2D eigenvalue weighted by Crippen LogP contribution is -2.54. The molecular weight excluding hydrogens is 274 g/mol. The van der Waals surface area contributed by atoms with Gasteiger partial charge in [-0.3, -0.25) is 9.69 Å². The van der Waals surface area contributed by atoms with Gasteiger partial charge < -0.3 is 4.74 Å². The van der Waals surface area contributed by atoms with E-state index in [0.29, 0.717) is 17.7 Å². The number of ether oxygens (including phenoxy) is 1. The molecule has 3 atom stereocenters. The molecule has 0 aliphatic carbocycles. The first-order chi connectivity index (χ1) is 9.52. The number of nitrogens with zero attached hydrogens (tertiary/aromatic N) is 1. The van der Waals surface area contributed by atoms with E-state index in [1.54, 1.807) is 24.3 Å². The lowest BCUT2D eigenvalue weighted by molar-refractivity contribution is -0.0648. The van der Waals surface area contributed by atoms with Crippen LogP contribution in [-0.2, 0) is 4.74 Å². The monoisotopic (exact) mass is 295 g/mol. The van der Waals surface area contributed by atoms with Crippen molar-refractivity contribution < 1.29 is 9.53 Å². The minimum atomic E-state index is -0.132. The van der Waals surface area contributed by atoms with Gasteiger partial charge in [0.2, 0.25) is 0 Å². The fourth-order valence-corrected chi connectivity index (χ4v) is 2.83. The normalized spacial score (nSPS) is 25.4. The van der Waals surface area contributed by atoms with E-state index in [2.05, 4.69) is 18.7 Å². The van der Waals surface area contributed by atoms with Crippen LogP contribution in [0, 0.1) is 0 Å². The first kappa shape index (κ1) is 15.5. The van der Waals surface area contributed by atoms with Crippen molar-refractivity contribution >= 4 is 17.4 Å². The summed E-state index contributed by atoms with van der Waals surface area (Å²) in [5.41, 5.74) is 0.718. The number of benzene rings is 1. The van der Waals surface area contributed by atoms with Gasteiger partial charge in [0, 0.05) is 23.2 Å². The molecule has 20 heavy (non-hydrogen) atoms. The molecule has 0 aromatic heterocycles. The minimum Gasteiger partial charge on any atom is -0.376 e. The van der Waals surface area contributed by atoms with E-state index in [-0.39, 0.29) is 17.9 Å². The van der Waals surface area contributed by atoms with E-state index >= 15 is 0 Å². The summed E-state index contributed by atoms with van der Waals surface area (Å²) in [4.78, 5) is 14.9. The smallest absolute Gasteiger partial charge is 0.179 e. The van der Waals surface area contributed by atoms with Crippen molar-refractivity contribution in [2.24, 2.45) is 0 Å². The van der Waals surface area contributed by atoms with Gasteiger partial charge in [-0.05, 0) is 44.5 Å². The van der Waals surface area contributed by atoms with Crippen molar-refractivity contribution in [3.05, 3.63) is 34.9 Å². The van der Waals surface area contributed by atoms with Crippen LogP contribution in [0.1, 0.15) is 37.6 Å². The Morgan fingerprint density at radius 1 is 1.45 bits per heavy atom. The summed E-state index contributed by atoms with van der Waals surface area (Å²) in [6, 6.07) is 7.31. The van der Waals surface area contributed by atoms with Crippen molar-refractivity contribution in [3.8, 4) is 0 Å². The predicted molar refractivity (Wildman–Crippen MR) is 81.4 cm³/mol. The van der Waals surface area contributed by atoms with Gasteiger partial charge in [-0.25, -0.2) is 0 Å². The first-order valence-corrected chi connectivity index (χ1v) is 7.57. The Bertz CT molecular complexity index is 460. The molecule has 0 amide bonds. The topological polar surface area (TPSA) is 29.5 Å². The molecule has 1 saturated heterocycles. The largest absolute Gasteiger partial charge is 0.376 e. The number of halogens is 1. The molecule has 1 fully saturated rings. The van der Waals surface area contributed by atoms with E-state index in [1.165, 1.54) is 0 Å². The molecule has 0 bridgehead atoms. The SMILES string of the molecule is CCC1COC(C)CN1C(C)C(=O)c1ccc(Cl)cc1. The fourth-order valence-electron chi connectivity index (χ4n) is 2.70. The molecule has 0 saturated carbocycles. The lowest BCUT2D eigenvalue weighted by atomic mass is 10.0. The summed E-state index contributed by atoms with van der Waals surface area (Å²) in [5.74, 6) is 0.147. The third-order valence-electron chi connectivity index (χ3n) is 3.99. The van der Waals surface area contributed by atoms with Crippen LogP contribution in [0.25, 0.3) is 0 Å². The standard InChI is InChI=1S/C16H22ClNO2/c1-4-15-10-20-11(2)9-18(15)12(3)16(19)13-5-7-14(17)8-6-13/h5-8,11-12,15H,4,9-10H2,1-3H3. The molecule has 3 unspecified atom stereocenters. The molecule has 4 heteroatoms. The maximum Gasteiger partial charge on any atom is 0.179 e. The van der Waals surface area contributed by atoms with Gasteiger partial charge in [0.1, 0.15) is 0 Å². The Morgan fingerprint density at radius 3 is 2.70 bits per heavy atom. The fraction of sp³-hybridized carbons (Fsp3) is 0.562. The van der Waals surface area contributed by atoms with Crippen LogP contribution < -0.4 is 0 Å². The number of morpholine rings is 1. The summed E-state index contributed by atoms with van der Waals surface area (Å²) in [7, 11) is 0. The highest BCUT2D eigenvalue weighted by molar-refractivity contribution is 6.30. The van der Waals surface area contributed by atoms with Gasteiger partial charge in [-0.15, -0.1) is 0 Å². The van der Waals surface area contributed by atoms with E-state index in [9.17, 15) is 4.79 Å². The van der Waals surface area contributed by atoms with Gasteiger partial charge >= 0.3 is 0 Å². The summed E-state index contributed by atoms with van der Waals surface area (Å²) in [6.07, 6.45) is 1.17. The van der Waals surface area contributed by atoms with Crippen molar-refractivity contribution in [1.82, 2.24) is 4.90 Å². The highest BCUT2D eigenvalue weighted by Crippen LogP contribution is 2.20. The molecule has 0 N–H and O–H groups in total. The second kappa shape index (κ2) is 6.70.